The minimum atomic E-state index is -0.00587. The van der Waals surface area contributed by atoms with Crippen molar-refractivity contribution < 1.29 is 4.79 Å². The molecule has 1 heterocycles. The molecule has 0 bridgehead atoms. The first-order chi connectivity index (χ1) is 11.2. The summed E-state index contributed by atoms with van der Waals surface area (Å²) >= 11 is 0. The Morgan fingerprint density at radius 3 is 2.96 bits per heavy atom. The molecule has 1 amide bonds. The van der Waals surface area contributed by atoms with Crippen LogP contribution in [0.25, 0.3) is 5.69 Å². The lowest BCUT2D eigenvalue weighted by Crippen LogP contribution is -2.40. The molecule has 23 heavy (non-hydrogen) atoms. The largest absolute Gasteiger partial charge is 0.335 e. The SMILES string of the molecule is C[C@H](C1CC1)N(CCC#N)C(=O)c1cccc(-n2cccn2)c1. The molecule has 3 rings (SSSR count). The van der Waals surface area contributed by atoms with E-state index in [4.69, 9.17) is 5.26 Å². The van der Waals surface area contributed by atoms with Crippen LogP contribution in [0, 0.1) is 17.2 Å². The minimum Gasteiger partial charge on any atom is -0.335 e. The number of carbonyl (C=O) groups excluding carboxylic acids is 1. The lowest BCUT2D eigenvalue weighted by atomic mass is 10.1. The molecular formula is C18H20N4O. The molecule has 2 aromatic rings. The van der Waals surface area contributed by atoms with Gasteiger partial charge >= 0.3 is 0 Å². The van der Waals surface area contributed by atoms with E-state index in [1.165, 1.54) is 12.8 Å². The topological polar surface area (TPSA) is 61.9 Å². The van der Waals surface area contributed by atoms with Crippen LogP contribution in [0.5, 0.6) is 0 Å². The molecule has 0 unspecified atom stereocenters. The summed E-state index contributed by atoms with van der Waals surface area (Å²) in [5.74, 6) is 0.570. The highest BCUT2D eigenvalue weighted by Crippen LogP contribution is 2.35. The highest BCUT2D eigenvalue weighted by atomic mass is 16.2. The van der Waals surface area contributed by atoms with Crippen LogP contribution in [-0.4, -0.2) is 33.2 Å². The fraction of sp³-hybridized carbons (Fsp3) is 0.389. The van der Waals surface area contributed by atoms with Crippen LogP contribution >= 0.6 is 0 Å². The van der Waals surface area contributed by atoms with Crippen LogP contribution < -0.4 is 0 Å². The molecule has 1 aliphatic rings. The van der Waals surface area contributed by atoms with Gasteiger partial charge in [0, 0.05) is 30.5 Å². The zero-order chi connectivity index (χ0) is 16.2. The van der Waals surface area contributed by atoms with E-state index in [-0.39, 0.29) is 11.9 Å². The zero-order valence-electron chi connectivity index (χ0n) is 13.2. The van der Waals surface area contributed by atoms with Crippen molar-refractivity contribution in [1.82, 2.24) is 14.7 Å². The first kappa shape index (κ1) is 15.3. The number of hydrogen-bond acceptors (Lipinski definition) is 3. The lowest BCUT2D eigenvalue weighted by molar-refractivity contribution is 0.0677. The second-order valence-corrected chi connectivity index (χ2v) is 5.99. The highest BCUT2D eigenvalue weighted by molar-refractivity contribution is 5.95. The van der Waals surface area contributed by atoms with Crippen LogP contribution in [0.3, 0.4) is 0 Å². The minimum absolute atomic E-state index is 0.00587. The Balaban J connectivity index is 1.84. The Hall–Kier alpha value is -2.61. The van der Waals surface area contributed by atoms with Gasteiger partial charge in [-0.25, -0.2) is 4.68 Å². The van der Waals surface area contributed by atoms with Crippen molar-refractivity contribution in [3.63, 3.8) is 0 Å². The highest BCUT2D eigenvalue weighted by Gasteiger charge is 2.34. The Bertz CT molecular complexity index is 713. The quantitative estimate of drug-likeness (QED) is 0.824. The number of carbonyl (C=O) groups is 1. The van der Waals surface area contributed by atoms with Gasteiger partial charge in [0.2, 0.25) is 0 Å². The summed E-state index contributed by atoms with van der Waals surface area (Å²) in [6, 6.07) is 11.7. The number of benzene rings is 1. The van der Waals surface area contributed by atoms with Gasteiger partial charge in [0.05, 0.1) is 18.2 Å². The maximum absolute atomic E-state index is 12.9. The van der Waals surface area contributed by atoms with E-state index in [2.05, 4.69) is 18.1 Å². The molecular weight excluding hydrogens is 288 g/mol. The lowest BCUT2D eigenvalue weighted by Gasteiger charge is -2.29. The first-order valence-corrected chi connectivity index (χ1v) is 7.98. The van der Waals surface area contributed by atoms with Crippen molar-refractivity contribution in [1.29, 1.82) is 5.26 Å². The first-order valence-electron chi connectivity index (χ1n) is 7.98. The van der Waals surface area contributed by atoms with Crippen LogP contribution in [0.4, 0.5) is 0 Å². The van der Waals surface area contributed by atoms with Gasteiger partial charge in [0.25, 0.3) is 5.91 Å². The fourth-order valence-electron chi connectivity index (χ4n) is 2.86. The van der Waals surface area contributed by atoms with E-state index >= 15 is 0 Å². The second kappa shape index (κ2) is 6.66. The van der Waals surface area contributed by atoms with E-state index in [1.54, 1.807) is 10.9 Å². The van der Waals surface area contributed by atoms with Crippen molar-refractivity contribution in [2.75, 3.05) is 6.54 Å². The van der Waals surface area contributed by atoms with E-state index in [0.29, 0.717) is 24.4 Å². The van der Waals surface area contributed by atoms with Gasteiger partial charge in [-0.2, -0.15) is 10.4 Å². The summed E-state index contributed by atoms with van der Waals surface area (Å²) in [5.41, 5.74) is 1.50. The zero-order valence-corrected chi connectivity index (χ0v) is 13.2. The Morgan fingerprint density at radius 2 is 2.30 bits per heavy atom. The number of amides is 1. The Kier molecular flexibility index (Phi) is 4.42. The van der Waals surface area contributed by atoms with Crippen LogP contribution in [0.15, 0.2) is 42.7 Å². The maximum atomic E-state index is 12.9. The van der Waals surface area contributed by atoms with Crippen LogP contribution in [0.1, 0.15) is 36.5 Å². The van der Waals surface area contributed by atoms with Crippen molar-refractivity contribution in [2.45, 2.75) is 32.2 Å². The summed E-state index contributed by atoms with van der Waals surface area (Å²) < 4.78 is 1.74. The third-order valence-electron chi connectivity index (χ3n) is 4.38. The van der Waals surface area contributed by atoms with Crippen molar-refractivity contribution in [2.24, 2.45) is 5.92 Å². The molecule has 5 nitrogen and oxygen atoms in total. The van der Waals surface area contributed by atoms with E-state index in [1.807, 2.05) is 41.4 Å². The number of nitriles is 1. The molecule has 0 radical (unpaired) electrons. The van der Waals surface area contributed by atoms with E-state index < -0.39 is 0 Å². The van der Waals surface area contributed by atoms with E-state index in [0.717, 1.165) is 5.69 Å². The third kappa shape index (κ3) is 3.42. The number of rotatable bonds is 6. The van der Waals surface area contributed by atoms with Gasteiger partial charge < -0.3 is 4.90 Å². The van der Waals surface area contributed by atoms with Crippen molar-refractivity contribution in [3.05, 3.63) is 48.3 Å². The van der Waals surface area contributed by atoms with Gasteiger partial charge in [-0.05, 0) is 49.9 Å². The molecule has 1 aromatic carbocycles. The third-order valence-corrected chi connectivity index (χ3v) is 4.38. The number of hydrogen-bond donors (Lipinski definition) is 0. The van der Waals surface area contributed by atoms with E-state index in [9.17, 15) is 4.79 Å². The summed E-state index contributed by atoms with van der Waals surface area (Å²) in [6.45, 7) is 2.57. The normalized spacial score (nSPS) is 15.0. The summed E-state index contributed by atoms with van der Waals surface area (Å²) in [6.07, 6.45) is 6.27. The predicted octanol–water partition coefficient (Wildman–Crippen LogP) is 3.03. The Morgan fingerprint density at radius 1 is 1.48 bits per heavy atom. The number of nitrogens with zero attached hydrogens (tertiary/aromatic N) is 4. The van der Waals surface area contributed by atoms with Gasteiger partial charge in [0.1, 0.15) is 0 Å². The molecule has 0 spiro atoms. The summed E-state index contributed by atoms with van der Waals surface area (Å²) in [5, 5.41) is 13.1. The number of aromatic nitrogens is 2. The smallest absolute Gasteiger partial charge is 0.254 e. The standard InChI is InChI=1S/C18H20N4O/c1-14(15-7-8-15)21(11-3-9-19)18(23)16-5-2-6-17(13-16)22-12-4-10-20-22/h2,4-6,10,12-15H,3,7-8,11H2,1H3/t14-/m1/s1. The average Bonchev–Trinajstić information content (AvgIpc) is 3.29. The molecule has 1 atom stereocenters. The molecule has 118 valence electrons. The molecule has 1 fully saturated rings. The molecule has 1 aromatic heterocycles. The van der Waals surface area contributed by atoms with Gasteiger partial charge in [-0.15, -0.1) is 0 Å². The molecule has 0 saturated heterocycles. The predicted molar refractivity (Wildman–Crippen MR) is 87.0 cm³/mol. The summed E-state index contributed by atoms with van der Waals surface area (Å²) in [7, 11) is 0. The molecule has 5 heteroatoms. The molecule has 0 aliphatic heterocycles. The second-order valence-electron chi connectivity index (χ2n) is 5.99. The van der Waals surface area contributed by atoms with Crippen molar-refractivity contribution >= 4 is 5.91 Å². The fourth-order valence-corrected chi connectivity index (χ4v) is 2.86. The van der Waals surface area contributed by atoms with Crippen molar-refractivity contribution in [3.8, 4) is 11.8 Å². The Labute approximate surface area is 136 Å². The monoisotopic (exact) mass is 308 g/mol. The molecule has 1 saturated carbocycles. The van der Waals surface area contributed by atoms with Gasteiger partial charge in [0.15, 0.2) is 0 Å². The van der Waals surface area contributed by atoms with Crippen LogP contribution in [-0.2, 0) is 0 Å². The van der Waals surface area contributed by atoms with Gasteiger partial charge in [-0.3, -0.25) is 4.79 Å². The summed E-state index contributed by atoms with van der Waals surface area (Å²) in [4.78, 5) is 14.8. The van der Waals surface area contributed by atoms with Gasteiger partial charge in [-0.1, -0.05) is 6.07 Å². The maximum Gasteiger partial charge on any atom is 0.254 e. The van der Waals surface area contributed by atoms with Crippen LogP contribution in [0.2, 0.25) is 0 Å². The molecule has 0 N–H and O–H groups in total. The molecule has 1 aliphatic carbocycles. The average molecular weight is 308 g/mol.